The molecule has 2 rings (SSSR count). The number of nitro groups is 1. The molecule has 1 aliphatic rings. The predicted octanol–water partition coefficient (Wildman–Crippen LogP) is 2.46. The summed E-state index contributed by atoms with van der Waals surface area (Å²) in [5.41, 5.74) is 0.740. The molecule has 0 saturated heterocycles. The molecule has 1 unspecified atom stereocenters. The average Bonchev–Trinajstić information content (AvgIpc) is 2.49. The Labute approximate surface area is 130 Å². The van der Waals surface area contributed by atoms with Gasteiger partial charge in [0, 0.05) is 24.4 Å². The van der Waals surface area contributed by atoms with E-state index in [2.05, 4.69) is 4.90 Å². The monoisotopic (exact) mass is 303 g/mol. The van der Waals surface area contributed by atoms with Gasteiger partial charge in [-0.3, -0.25) is 14.9 Å². The van der Waals surface area contributed by atoms with Crippen molar-refractivity contribution >= 4 is 17.3 Å². The molecule has 0 radical (unpaired) electrons. The van der Waals surface area contributed by atoms with E-state index in [1.165, 1.54) is 12.1 Å². The molecule has 22 heavy (non-hydrogen) atoms. The van der Waals surface area contributed by atoms with Gasteiger partial charge in [0.1, 0.15) is 0 Å². The van der Waals surface area contributed by atoms with Crippen LogP contribution >= 0.6 is 0 Å². The summed E-state index contributed by atoms with van der Waals surface area (Å²) in [5.74, 6) is 0.255. The highest BCUT2D eigenvalue weighted by atomic mass is 16.6. The molecule has 0 aliphatic carbocycles. The maximum atomic E-state index is 12.0. The molecular formula is C16H21N3O3. The van der Waals surface area contributed by atoms with E-state index in [-0.39, 0.29) is 11.6 Å². The maximum absolute atomic E-state index is 12.0. The third-order valence-electron chi connectivity index (χ3n) is 3.75. The summed E-state index contributed by atoms with van der Waals surface area (Å²) in [6.45, 7) is 1.65. The van der Waals surface area contributed by atoms with Crippen molar-refractivity contribution in [3.8, 4) is 0 Å². The van der Waals surface area contributed by atoms with Gasteiger partial charge in [-0.05, 0) is 57.6 Å². The minimum atomic E-state index is -0.439. The lowest BCUT2D eigenvalue weighted by atomic mass is 9.98. The summed E-state index contributed by atoms with van der Waals surface area (Å²) in [5, 5.41) is 10.7. The van der Waals surface area contributed by atoms with Gasteiger partial charge in [-0.15, -0.1) is 0 Å². The second-order valence-electron chi connectivity index (χ2n) is 5.79. The number of rotatable bonds is 6. The molecule has 1 amide bonds. The van der Waals surface area contributed by atoms with Crippen LogP contribution in [0.25, 0.3) is 0 Å². The van der Waals surface area contributed by atoms with Crippen molar-refractivity contribution < 1.29 is 9.72 Å². The Morgan fingerprint density at radius 3 is 2.59 bits per heavy atom. The molecule has 0 aromatic heterocycles. The second-order valence-corrected chi connectivity index (χ2v) is 5.79. The van der Waals surface area contributed by atoms with Crippen molar-refractivity contribution in [3.63, 3.8) is 0 Å². The molecule has 0 bridgehead atoms. The molecule has 6 nitrogen and oxygen atoms in total. The standard InChI is InChI=1S/C16H21N3O3/c1-17(2)11-3-4-13-5-10-16(20)18(12-13)14-6-8-15(9-7-14)19(21)22/h5-10,13H,3-4,11-12H2,1-2H3. The zero-order valence-corrected chi connectivity index (χ0v) is 12.9. The SMILES string of the molecule is CN(C)CCCC1C=CC(=O)N(c2ccc([N+](=O)[O-])cc2)C1. The van der Waals surface area contributed by atoms with Crippen LogP contribution in [0.3, 0.4) is 0 Å². The van der Waals surface area contributed by atoms with Gasteiger partial charge < -0.3 is 9.80 Å². The summed E-state index contributed by atoms with van der Waals surface area (Å²) in [6, 6.07) is 6.13. The number of anilines is 1. The van der Waals surface area contributed by atoms with Crippen LogP contribution in [-0.4, -0.2) is 42.9 Å². The average molecular weight is 303 g/mol. The summed E-state index contributed by atoms with van der Waals surface area (Å²) in [4.78, 5) is 26.1. The second kappa shape index (κ2) is 7.17. The number of hydrogen-bond donors (Lipinski definition) is 0. The van der Waals surface area contributed by atoms with Crippen LogP contribution in [-0.2, 0) is 4.79 Å². The van der Waals surface area contributed by atoms with E-state index in [0.717, 1.165) is 19.4 Å². The number of nitro benzene ring substituents is 1. The fourth-order valence-electron chi connectivity index (χ4n) is 2.54. The van der Waals surface area contributed by atoms with Crippen molar-refractivity contribution in [2.24, 2.45) is 5.92 Å². The van der Waals surface area contributed by atoms with Gasteiger partial charge in [0.25, 0.3) is 11.6 Å². The Hall–Kier alpha value is -2.21. The van der Waals surface area contributed by atoms with Crippen LogP contribution in [0.1, 0.15) is 12.8 Å². The molecule has 1 aromatic carbocycles. The van der Waals surface area contributed by atoms with E-state index in [1.807, 2.05) is 20.2 Å². The van der Waals surface area contributed by atoms with Crippen molar-refractivity contribution in [2.45, 2.75) is 12.8 Å². The Morgan fingerprint density at radius 1 is 1.32 bits per heavy atom. The van der Waals surface area contributed by atoms with Crippen molar-refractivity contribution in [1.82, 2.24) is 4.90 Å². The first-order valence-corrected chi connectivity index (χ1v) is 7.36. The number of carbonyl (C=O) groups is 1. The smallest absolute Gasteiger partial charge is 0.269 e. The number of amides is 1. The quantitative estimate of drug-likeness (QED) is 0.598. The lowest BCUT2D eigenvalue weighted by Crippen LogP contribution is -2.37. The largest absolute Gasteiger partial charge is 0.309 e. The van der Waals surface area contributed by atoms with Gasteiger partial charge in [-0.1, -0.05) is 6.08 Å². The van der Waals surface area contributed by atoms with Crippen molar-refractivity contribution in [3.05, 3.63) is 46.5 Å². The van der Waals surface area contributed by atoms with Gasteiger partial charge in [0.2, 0.25) is 0 Å². The van der Waals surface area contributed by atoms with Gasteiger partial charge in [0.05, 0.1) is 4.92 Å². The van der Waals surface area contributed by atoms with Crippen LogP contribution in [0.4, 0.5) is 11.4 Å². The first kappa shape index (κ1) is 16.2. The fourth-order valence-corrected chi connectivity index (χ4v) is 2.54. The Bertz CT molecular complexity index is 567. The van der Waals surface area contributed by atoms with E-state index in [4.69, 9.17) is 0 Å². The third kappa shape index (κ3) is 4.14. The Balaban J connectivity index is 2.02. The molecular weight excluding hydrogens is 282 g/mol. The summed E-state index contributed by atoms with van der Waals surface area (Å²) < 4.78 is 0. The molecule has 1 aliphatic heterocycles. The minimum absolute atomic E-state index is 0.0336. The highest BCUT2D eigenvalue weighted by Gasteiger charge is 2.22. The van der Waals surface area contributed by atoms with Crippen LogP contribution in [0.15, 0.2) is 36.4 Å². The number of hydrogen-bond acceptors (Lipinski definition) is 4. The van der Waals surface area contributed by atoms with Crippen molar-refractivity contribution in [2.75, 3.05) is 32.1 Å². The molecule has 1 atom stereocenters. The molecule has 118 valence electrons. The maximum Gasteiger partial charge on any atom is 0.269 e. The normalized spacial score (nSPS) is 18.0. The highest BCUT2D eigenvalue weighted by Crippen LogP contribution is 2.24. The van der Waals surface area contributed by atoms with Crippen LogP contribution < -0.4 is 4.90 Å². The zero-order valence-electron chi connectivity index (χ0n) is 12.9. The van der Waals surface area contributed by atoms with Crippen LogP contribution in [0, 0.1) is 16.0 Å². The third-order valence-corrected chi connectivity index (χ3v) is 3.75. The van der Waals surface area contributed by atoms with E-state index in [1.54, 1.807) is 23.1 Å². The molecule has 0 N–H and O–H groups in total. The lowest BCUT2D eigenvalue weighted by molar-refractivity contribution is -0.384. The fraction of sp³-hybridized carbons (Fsp3) is 0.438. The highest BCUT2D eigenvalue weighted by molar-refractivity contribution is 6.02. The van der Waals surface area contributed by atoms with Crippen molar-refractivity contribution in [1.29, 1.82) is 0 Å². The van der Waals surface area contributed by atoms with Gasteiger partial charge in [-0.2, -0.15) is 0 Å². The molecule has 1 aromatic rings. The number of benzene rings is 1. The number of carbonyl (C=O) groups excluding carboxylic acids is 1. The van der Waals surface area contributed by atoms with Gasteiger partial charge in [-0.25, -0.2) is 0 Å². The molecule has 6 heteroatoms. The molecule has 0 saturated carbocycles. The Morgan fingerprint density at radius 2 is 2.00 bits per heavy atom. The topological polar surface area (TPSA) is 66.7 Å². The van der Waals surface area contributed by atoms with Crippen LogP contribution in [0.2, 0.25) is 0 Å². The Kier molecular flexibility index (Phi) is 5.27. The predicted molar refractivity (Wildman–Crippen MR) is 85.9 cm³/mol. The first-order chi connectivity index (χ1) is 10.5. The van der Waals surface area contributed by atoms with E-state index in [0.29, 0.717) is 18.2 Å². The summed E-state index contributed by atoms with van der Waals surface area (Å²) in [6.07, 6.45) is 5.67. The van der Waals surface area contributed by atoms with E-state index >= 15 is 0 Å². The van der Waals surface area contributed by atoms with E-state index in [9.17, 15) is 14.9 Å². The van der Waals surface area contributed by atoms with Crippen LogP contribution in [0.5, 0.6) is 0 Å². The van der Waals surface area contributed by atoms with Gasteiger partial charge >= 0.3 is 0 Å². The number of nitrogens with zero attached hydrogens (tertiary/aromatic N) is 3. The number of non-ortho nitro benzene ring substituents is 1. The molecule has 0 spiro atoms. The lowest BCUT2D eigenvalue weighted by Gasteiger charge is -2.29. The first-order valence-electron chi connectivity index (χ1n) is 7.36. The summed E-state index contributed by atoms with van der Waals surface area (Å²) >= 11 is 0. The molecule has 1 heterocycles. The summed E-state index contributed by atoms with van der Waals surface area (Å²) in [7, 11) is 4.09. The minimum Gasteiger partial charge on any atom is -0.309 e. The van der Waals surface area contributed by atoms with Gasteiger partial charge in [0.15, 0.2) is 0 Å². The zero-order chi connectivity index (χ0) is 16.1. The van der Waals surface area contributed by atoms with E-state index < -0.39 is 4.92 Å². The molecule has 0 fully saturated rings.